The summed E-state index contributed by atoms with van der Waals surface area (Å²) in [5.41, 5.74) is 0.926. The van der Waals surface area contributed by atoms with Gasteiger partial charge >= 0.3 is 5.97 Å². The van der Waals surface area contributed by atoms with Crippen LogP contribution in [0.15, 0.2) is 24.4 Å². The van der Waals surface area contributed by atoms with Crippen LogP contribution < -0.4 is 0 Å². The van der Waals surface area contributed by atoms with Crippen LogP contribution in [0.5, 0.6) is 0 Å². The summed E-state index contributed by atoms with van der Waals surface area (Å²) in [6.45, 7) is 3.45. The Labute approximate surface area is 158 Å². The molecule has 0 N–H and O–H groups in total. The number of nitriles is 1. The molecule has 2 heterocycles. The zero-order valence-electron chi connectivity index (χ0n) is 15.9. The molecule has 1 saturated carbocycles. The van der Waals surface area contributed by atoms with Crippen LogP contribution in [0.3, 0.4) is 0 Å². The van der Waals surface area contributed by atoms with Crippen molar-refractivity contribution in [2.24, 2.45) is 0 Å². The summed E-state index contributed by atoms with van der Waals surface area (Å²) in [4.78, 5) is 30.9. The van der Waals surface area contributed by atoms with Crippen LogP contribution in [0.25, 0.3) is 5.65 Å². The fourth-order valence-corrected chi connectivity index (χ4v) is 3.66. The third-order valence-corrected chi connectivity index (χ3v) is 5.40. The second kappa shape index (κ2) is 7.39. The lowest BCUT2D eigenvalue weighted by atomic mass is 9.81. The van der Waals surface area contributed by atoms with E-state index in [1.807, 2.05) is 19.1 Å². The number of carbonyl (C=O) groups excluding carboxylic acids is 2. The number of hydrogen-bond acceptors (Lipinski definition) is 5. The van der Waals surface area contributed by atoms with Crippen molar-refractivity contribution in [2.75, 3.05) is 7.05 Å². The van der Waals surface area contributed by atoms with Gasteiger partial charge in [-0.1, -0.05) is 25.3 Å². The predicted octanol–water partition coefficient (Wildman–Crippen LogP) is 2.87. The molecule has 1 atom stereocenters. The number of fused-ring (bicyclic) bond motifs is 1. The van der Waals surface area contributed by atoms with Gasteiger partial charge in [-0.15, -0.1) is 0 Å². The molecule has 0 saturated heterocycles. The zero-order valence-corrected chi connectivity index (χ0v) is 15.9. The van der Waals surface area contributed by atoms with E-state index in [4.69, 9.17) is 4.74 Å². The summed E-state index contributed by atoms with van der Waals surface area (Å²) in [5.74, 6) is -1.02. The highest BCUT2D eigenvalue weighted by atomic mass is 16.5. The lowest BCUT2D eigenvalue weighted by molar-refractivity contribution is -0.143. The molecule has 0 radical (unpaired) electrons. The highest BCUT2D eigenvalue weighted by molar-refractivity contribution is 5.91. The molecule has 0 aromatic carbocycles. The fourth-order valence-electron chi connectivity index (χ4n) is 3.66. The fraction of sp³-hybridized carbons (Fsp3) is 0.500. The van der Waals surface area contributed by atoms with Gasteiger partial charge in [-0.05, 0) is 38.8 Å². The number of carbonyl (C=O) groups is 2. The van der Waals surface area contributed by atoms with Gasteiger partial charge in [0.25, 0.3) is 5.91 Å². The van der Waals surface area contributed by atoms with Crippen molar-refractivity contribution in [3.63, 3.8) is 0 Å². The molecule has 142 valence electrons. The summed E-state index contributed by atoms with van der Waals surface area (Å²) >= 11 is 0. The van der Waals surface area contributed by atoms with Gasteiger partial charge in [0, 0.05) is 18.9 Å². The van der Waals surface area contributed by atoms with Crippen molar-refractivity contribution in [3.05, 3.63) is 35.8 Å². The highest BCUT2D eigenvalue weighted by Crippen LogP contribution is 2.33. The first-order valence-corrected chi connectivity index (χ1v) is 9.22. The van der Waals surface area contributed by atoms with Crippen molar-refractivity contribution < 1.29 is 14.3 Å². The summed E-state index contributed by atoms with van der Waals surface area (Å²) in [6.07, 6.45) is 4.83. The van der Waals surface area contributed by atoms with E-state index in [0.29, 0.717) is 18.5 Å². The van der Waals surface area contributed by atoms with Crippen molar-refractivity contribution in [1.29, 1.82) is 5.26 Å². The SMILES string of the molecule is Cc1cccc2nc(C(=O)O[C@H](C)C(=O)N(C)C3(C#N)CCCCC3)cn12. The van der Waals surface area contributed by atoms with E-state index in [9.17, 15) is 14.9 Å². The molecule has 0 unspecified atom stereocenters. The summed E-state index contributed by atoms with van der Waals surface area (Å²) in [5, 5.41) is 9.64. The Kier molecular flexibility index (Phi) is 5.17. The Balaban J connectivity index is 1.72. The molecule has 2 aromatic rings. The van der Waals surface area contributed by atoms with Crippen LogP contribution in [0.2, 0.25) is 0 Å². The summed E-state index contributed by atoms with van der Waals surface area (Å²) in [7, 11) is 1.62. The normalized spacial score (nSPS) is 17.1. The first-order chi connectivity index (χ1) is 12.9. The summed E-state index contributed by atoms with van der Waals surface area (Å²) in [6, 6.07) is 7.88. The largest absolute Gasteiger partial charge is 0.448 e. The van der Waals surface area contributed by atoms with Gasteiger partial charge in [-0.2, -0.15) is 5.26 Å². The highest BCUT2D eigenvalue weighted by Gasteiger charge is 2.40. The van der Waals surface area contributed by atoms with E-state index in [0.717, 1.165) is 25.0 Å². The Hall–Kier alpha value is -2.88. The number of pyridine rings is 1. The van der Waals surface area contributed by atoms with Gasteiger partial charge in [0.15, 0.2) is 11.8 Å². The van der Waals surface area contributed by atoms with E-state index >= 15 is 0 Å². The number of amides is 1. The van der Waals surface area contributed by atoms with Crippen molar-refractivity contribution in [1.82, 2.24) is 14.3 Å². The van der Waals surface area contributed by atoms with Crippen LogP contribution >= 0.6 is 0 Å². The van der Waals surface area contributed by atoms with E-state index in [1.165, 1.54) is 11.8 Å². The number of nitrogens with zero attached hydrogens (tertiary/aromatic N) is 4. The van der Waals surface area contributed by atoms with Gasteiger partial charge < -0.3 is 14.0 Å². The summed E-state index contributed by atoms with van der Waals surface area (Å²) < 4.78 is 7.15. The molecular formula is C20H24N4O3. The second-order valence-electron chi connectivity index (χ2n) is 7.17. The zero-order chi connectivity index (χ0) is 19.6. The number of rotatable bonds is 4. The third-order valence-electron chi connectivity index (χ3n) is 5.40. The third kappa shape index (κ3) is 3.52. The first-order valence-electron chi connectivity index (χ1n) is 9.22. The molecule has 7 heteroatoms. The molecule has 0 spiro atoms. The second-order valence-corrected chi connectivity index (χ2v) is 7.17. The minimum absolute atomic E-state index is 0.152. The van der Waals surface area contributed by atoms with Crippen LogP contribution in [-0.2, 0) is 9.53 Å². The van der Waals surface area contributed by atoms with E-state index < -0.39 is 17.6 Å². The molecule has 0 aliphatic heterocycles. The first kappa shape index (κ1) is 18.9. The van der Waals surface area contributed by atoms with Crippen molar-refractivity contribution >= 4 is 17.5 Å². The maximum absolute atomic E-state index is 12.8. The molecule has 27 heavy (non-hydrogen) atoms. The van der Waals surface area contributed by atoms with Crippen LogP contribution in [-0.4, -0.2) is 44.9 Å². The number of imidazole rings is 1. The molecular weight excluding hydrogens is 344 g/mol. The lowest BCUT2D eigenvalue weighted by Gasteiger charge is -2.39. The van der Waals surface area contributed by atoms with E-state index in [1.54, 1.807) is 23.7 Å². The minimum atomic E-state index is -0.986. The molecule has 0 bridgehead atoms. The topological polar surface area (TPSA) is 87.7 Å². The Bertz CT molecular complexity index is 906. The van der Waals surface area contributed by atoms with E-state index in [2.05, 4.69) is 11.1 Å². The van der Waals surface area contributed by atoms with Gasteiger partial charge in [-0.3, -0.25) is 4.79 Å². The van der Waals surface area contributed by atoms with Crippen LogP contribution in [0.4, 0.5) is 0 Å². The number of esters is 1. The van der Waals surface area contributed by atoms with Gasteiger partial charge in [0.05, 0.1) is 6.07 Å². The lowest BCUT2D eigenvalue weighted by Crippen LogP contribution is -2.53. The predicted molar refractivity (Wildman–Crippen MR) is 99.0 cm³/mol. The number of aryl methyl sites for hydroxylation is 1. The molecule has 1 fully saturated rings. The Morgan fingerprint density at radius 2 is 2.04 bits per heavy atom. The molecule has 2 aromatic heterocycles. The molecule has 1 aliphatic rings. The van der Waals surface area contributed by atoms with E-state index in [-0.39, 0.29) is 11.6 Å². The monoisotopic (exact) mass is 368 g/mol. The average Bonchev–Trinajstić information content (AvgIpc) is 3.13. The van der Waals surface area contributed by atoms with Gasteiger partial charge in [-0.25, -0.2) is 9.78 Å². The molecule has 7 nitrogen and oxygen atoms in total. The maximum atomic E-state index is 12.8. The number of ether oxygens (including phenoxy) is 1. The van der Waals surface area contributed by atoms with Crippen molar-refractivity contribution in [2.45, 2.75) is 57.6 Å². The van der Waals surface area contributed by atoms with Crippen LogP contribution in [0.1, 0.15) is 55.2 Å². The number of likely N-dealkylation sites (N-methyl/N-ethyl adjacent to an activating group) is 1. The standard InChI is InChI=1S/C20H24N4O3/c1-14-8-7-9-17-22-16(12-24(14)17)19(26)27-15(2)18(25)23(3)20(13-21)10-5-4-6-11-20/h7-9,12,15H,4-6,10-11H2,1-3H3/t15-/m1/s1. The minimum Gasteiger partial charge on any atom is -0.448 e. The number of hydrogen-bond donors (Lipinski definition) is 0. The quantitative estimate of drug-likeness (QED) is 0.775. The maximum Gasteiger partial charge on any atom is 0.359 e. The smallest absolute Gasteiger partial charge is 0.359 e. The number of aromatic nitrogens is 2. The molecule has 3 rings (SSSR count). The molecule has 1 aliphatic carbocycles. The van der Waals surface area contributed by atoms with Crippen LogP contribution in [0, 0.1) is 18.3 Å². The Morgan fingerprint density at radius 1 is 1.33 bits per heavy atom. The molecule has 1 amide bonds. The van der Waals surface area contributed by atoms with Crippen molar-refractivity contribution in [3.8, 4) is 6.07 Å². The van der Waals surface area contributed by atoms with Gasteiger partial charge in [0.2, 0.25) is 0 Å². The van der Waals surface area contributed by atoms with Gasteiger partial charge in [0.1, 0.15) is 11.2 Å². The average molecular weight is 368 g/mol. The Morgan fingerprint density at radius 3 is 2.67 bits per heavy atom.